The summed E-state index contributed by atoms with van der Waals surface area (Å²) in [7, 11) is 1.66. The van der Waals surface area contributed by atoms with Crippen LogP contribution in [-0.4, -0.2) is 32.1 Å². The number of carbonyl (C=O) groups excluding carboxylic acids is 1. The van der Waals surface area contributed by atoms with Gasteiger partial charge < -0.3 is 4.90 Å². The third-order valence-corrected chi connectivity index (χ3v) is 6.04. The van der Waals surface area contributed by atoms with E-state index >= 15 is 0 Å². The zero-order chi connectivity index (χ0) is 22.6. The highest BCUT2D eigenvalue weighted by molar-refractivity contribution is 6.05. The minimum Gasteiger partial charge on any atom is -0.329 e. The Bertz CT molecular complexity index is 1350. The lowest BCUT2D eigenvalue weighted by atomic mass is 9.95. The molecule has 1 aliphatic heterocycles. The molecule has 1 unspecified atom stereocenters. The number of halogens is 3. The zero-order valence-corrected chi connectivity index (χ0v) is 17.4. The maximum atomic E-state index is 13.9. The maximum Gasteiger partial charge on any atom is 0.273 e. The number of hydrogen-bond donors (Lipinski definition) is 0. The summed E-state index contributed by atoms with van der Waals surface area (Å²) in [5.41, 5.74) is 2.53. The first-order chi connectivity index (χ1) is 15.4. The molecule has 1 amide bonds. The third kappa shape index (κ3) is 3.05. The molecule has 2 aromatic heterocycles. The minimum absolute atomic E-state index is 0.203. The Hall–Kier alpha value is -3.68. The van der Waals surface area contributed by atoms with Crippen molar-refractivity contribution < 1.29 is 18.0 Å². The highest BCUT2D eigenvalue weighted by atomic mass is 19.2. The second-order valence-corrected chi connectivity index (χ2v) is 7.90. The summed E-state index contributed by atoms with van der Waals surface area (Å²) in [4.78, 5) is 19.5. The molecule has 162 valence electrons. The van der Waals surface area contributed by atoms with Gasteiger partial charge in [-0.15, -0.1) is 0 Å². The Morgan fingerprint density at radius 2 is 1.81 bits per heavy atom. The van der Waals surface area contributed by atoms with Crippen molar-refractivity contribution in [3.63, 3.8) is 0 Å². The summed E-state index contributed by atoms with van der Waals surface area (Å²) in [6, 6.07) is 11.0. The third-order valence-electron chi connectivity index (χ3n) is 6.04. The van der Waals surface area contributed by atoms with E-state index in [1.807, 2.05) is 37.3 Å². The van der Waals surface area contributed by atoms with Crippen LogP contribution in [-0.2, 0) is 13.5 Å². The quantitative estimate of drug-likeness (QED) is 0.424. The van der Waals surface area contributed by atoms with Crippen molar-refractivity contribution in [2.24, 2.45) is 7.05 Å². The van der Waals surface area contributed by atoms with Crippen molar-refractivity contribution in [3.05, 3.63) is 83.1 Å². The van der Waals surface area contributed by atoms with Crippen LogP contribution in [0, 0.1) is 17.5 Å². The van der Waals surface area contributed by atoms with Gasteiger partial charge in [0.05, 0.1) is 17.4 Å². The highest BCUT2D eigenvalue weighted by Crippen LogP contribution is 2.37. The van der Waals surface area contributed by atoms with Gasteiger partial charge in [-0.2, -0.15) is 5.10 Å². The maximum absolute atomic E-state index is 13.9. The number of aromatic nitrogens is 3. The number of benzene rings is 2. The van der Waals surface area contributed by atoms with Gasteiger partial charge in [0, 0.05) is 36.3 Å². The number of carbonyl (C=O) groups is 1. The molecule has 0 bridgehead atoms. The van der Waals surface area contributed by atoms with Gasteiger partial charge >= 0.3 is 0 Å². The van der Waals surface area contributed by atoms with Crippen LogP contribution in [0.2, 0.25) is 0 Å². The molecule has 2 aromatic carbocycles. The minimum atomic E-state index is -1.50. The molecule has 8 heteroatoms. The first-order valence-electron chi connectivity index (χ1n) is 10.2. The molecule has 3 heterocycles. The van der Waals surface area contributed by atoms with E-state index in [0.717, 1.165) is 28.5 Å². The number of aryl methyl sites for hydroxylation is 1. The van der Waals surface area contributed by atoms with Crippen LogP contribution in [0.4, 0.5) is 13.2 Å². The summed E-state index contributed by atoms with van der Waals surface area (Å²) in [6.07, 6.45) is 2.06. The Morgan fingerprint density at radius 3 is 2.56 bits per heavy atom. The molecule has 0 fully saturated rings. The number of hydrogen-bond acceptors (Lipinski definition) is 3. The molecule has 0 radical (unpaired) electrons. The molecule has 5 rings (SSSR count). The molecule has 4 aromatic rings. The fourth-order valence-corrected chi connectivity index (χ4v) is 4.50. The Morgan fingerprint density at radius 1 is 1.09 bits per heavy atom. The van der Waals surface area contributed by atoms with Gasteiger partial charge in [0.2, 0.25) is 0 Å². The van der Waals surface area contributed by atoms with Gasteiger partial charge in [-0.05, 0) is 36.9 Å². The van der Waals surface area contributed by atoms with Crippen LogP contribution in [0.5, 0.6) is 0 Å². The Labute approximate surface area is 182 Å². The van der Waals surface area contributed by atoms with E-state index in [9.17, 15) is 18.0 Å². The first-order valence-corrected chi connectivity index (χ1v) is 10.2. The van der Waals surface area contributed by atoms with Gasteiger partial charge in [0.25, 0.3) is 5.91 Å². The van der Waals surface area contributed by atoms with Crippen molar-refractivity contribution in [1.29, 1.82) is 0 Å². The standard InChI is InChI=1S/C24H19F3N4O/c1-13-21-17(23(30(2)29-21)15-11-18(25)20(27)19(26)12-15)8-10-31(13)24(32)22-16-6-4-3-5-14(16)7-9-28-22/h3-7,9,11-13H,8,10H2,1-2H3. The van der Waals surface area contributed by atoms with Crippen LogP contribution >= 0.6 is 0 Å². The van der Waals surface area contributed by atoms with Gasteiger partial charge in [-0.3, -0.25) is 14.5 Å². The second-order valence-electron chi connectivity index (χ2n) is 7.90. The average Bonchev–Trinajstić information content (AvgIpc) is 3.13. The molecular weight excluding hydrogens is 417 g/mol. The Balaban J connectivity index is 1.54. The van der Waals surface area contributed by atoms with E-state index in [-0.39, 0.29) is 17.5 Å². The largest absolute Gasteiger partial charge is 0.329 e. The first kappa shape index (κ1) is 20.2. The van der Waals surface area contributed by atoms with Crippen LogP contribution < -0.4 is 0 Å². The molecule has 32 heavy (non-hydrogen) atoms. The average molecular weight is 436 g/mol. The lowest BCUT2D eigenvalue weighted by Crippen LogP contribution is -2.39. The van der Waals surface area contributed by atoms with Crippen LogP contribution in [0.25, 0.3) is 22.0 Å². The fourth-order valence-electron chi connectivity index (χ4n) is 4.50. The van der Waals surface area contributed by atoms with Gasteiger partial charge in [-0.1, -0.05) is 24.3 Å². The molecule has 1 aliphatic rings. The van der Waals surface area contributed by atoms with Gasteiger partial charge in [0.15, 0.2) is 17.5 Å². The van der Waals surface area contributed by atoms with Crippen LogP contribution in [0.15, 0.2) is 48.7 Å². The lowest BCUT2D eigenvalue weighted by molar-refractivity contribution is 0.0670. The SMILES string of the molecule is CC1c2nn(C)c(-c3cc(F)c(F)c(F)c3)c2CCN1C(=O)c1nccc2ccccc12. The van der Waals surface area contributed by atoms with Crippen molar-refractivity contribution in [1.82, 2.24) is 19.7 Å². The van der Waals surface area contributed by atoms with E-state index in [1.165, 1.54) is 4.68 Å². The summed E-state index contributed by atoms with van der Waals surface area (Å²) in [6.45, 7) is 2.26. The Kier molecular flexibility index (Phi) is 4.73. The van der Waals surface area contributed by atoms with E-state index in [1.54, 1.807) is 18.1 Å². The highest BCUT2D eigenvalue weighted by Gasteiger charge is 2.34. The topological polar surface area (TPSA) is 51.0 Å². The van der Waals surface area contributed by atoms with E-state index in [4.69, 9.17) is 0 Å². The smallest absolute Gasteiger partial charge is 0.273 e. The monoisotopic (exact) mass is 436 g/mol. The number of rotatable bonds is 2. The summed E-state index contributed by atoms with van der Waals surface area (Å²) in [5.74, 6) is -4.21. The molecule has 0 aliphatic carbocycles. The number of pyridine rings is 1. The molecule has 0 N–H and O–H groups in total. The fraction of sp³-hybridized carbons (Fsp3) is 0.208. The summed E-state index contributed by atoms with van der Waals surface area (Å²) in [5, 5.41) is 6.25. The molecule has 0 saturated carbocycles. The van der Waals surface area contributed by atoms with Crippen molar-refractivity contribution in [2.45, 2.75) is 19.4 Å². The number of fused-ring (bicyclic) bond motifs is 2. The van der Waals surface area contributed by atoms with Crippen molar-refractivity contribution in [3.8, 4) is 11.3 Å². The predicted octanol–water partition coefficient (Wildman–Crippen LogP) is 4.81. The van der Waals surface area contributed by atoms with Crippen molar-refractivity contribution in [2.75, 3.05) is 6.54 Å². The molecule has 0 saturated heterocycles. The lowest BCUT2D eigenvalue weighted by Gasteiger charge is -2.33. The zero-order valence-electron chi connectivity index (χ0n) is 17.4. The molecule has 5 nitrogen and oxygen atoms in total. The molecule has 1 atom stereocenters. The number of amides is 1. The summed E-state index contributed by atoms with van der Waals surface area (Å²) < 4.78 is 42.7. The predicted molar refractivity (Wildman–Crippen MR) is 113 cm³/mol. The number of nitrogens with zero attached hydrogens (tertiary/aromatic N) is 4. The second kappa shape index (κ2) is 7.47. The molecular formula is C24H19F3N4O. The molecule has 0 spiro atoms. The summed E-state index contributed by atoms with van der Waals surface area (Å²) >= 11 is 0. The van der Waals surface area contributed by atoms with E-state index < -0.39 is 17.5 Å². The van der Waals surface area contributed by atoms with Crippen LogP contribution in [0.3, 0.4) is 0 Å². The van der Waals surface area contributed by atoms with E-state index in [0.29, 0.717) is 30.0 Å². The van der Waals surface area contributed by atoms with Crippen molar-refractivity contribution >= 4 is 16.7 Å². The van der Waals surface area contributed by atoms with Crippen LogP contribution in [0.1, 0.15) is 34.7 Å². The van der Waals surface area contributed by atoms with E-state index in [2.05, 4.69) is 10.1 Å². The van der Waals surface area contributed by atoms with Gasteiger partial charge in [0.1, 0.15) is 5.69 Å². The van der Waals surface area contributed by atoms with Gasteiger partial charge in [-0.25, -0.2) is 13.2 Å². The normalized spacial score (nSPS) is 15.8.